The van der Waals surface area contributed by atoms with Crippen molar-refractivity contribution in [2.75, 3.05) is 11.1 Å². The molecule has 2 aliphatic heterocycles. The summed E-state index contributed by atoms with van der Waals surface area (Å²) in [6, 6.07) is 0.443. The number of aromatic amines is 1. The van der Waals surface area contributed by atoms with E-state index < -0.39 is 0 Å². The highest BCUT2D eigenvalue weighted by molar-refractivity contribution is 8.00. The van der Waals surface area contributed by atoms with Crippen LogP contribution in [0.2, 0.25) is 0 Å². The van der Waals surface area contributed by atoms with Crippen LogP contribution in [0.4, 0.5) is 10.7 Å². The Morgan fingerprint density at radius 2 is 2.20 bits per heavy atom. The van der Waals surface area contributed by atoms with Crippen LogP contribution in [0.1, 0.15) is 45.4 Å². The van der Waals surface area contributed by atoms with Crippen LogP contribution < -0.4 is 16.0 Å². The molecular weight excluding hydrogens is 340 g/mol. The van der Waals surface area contributed by atoms with Crippen molar-refractivity contribution in [1.82, 2.24) is 25.8 Å². The number of carbonyl (C=O) groups excluding carboxylic acids is 2. The largest absolute Gasteiger partial charge is 0.332 e. The van der Waals surface area contributed by atoms with Crippen LogP contribution in [0.5, 0.6) is 0 Å². The third-order valence-electron chi connectivity index (χ3n) is 4.47. The van der Waals surface area contributed by atoms with Crippen LogP contribution in [0.25, 0.3) is 0 Å². The second kappa shape index (κ2) is 8.07. The molecule has 2 saturated heterocycles. The predicted molar refractivity (Wildman–Crippen MR) is 97.5 cm³/mol. The van der Waals surface area contributed by atoms with E-state index in [2.05, 4.69) is 45.0 Å². The highest BCUT2D eigenvalue weighted by Gasteiger charge is 2.42. The van der Waals surface area contributed by atoms with Crippen molar-refractivity contribution in [3.63, 3.8) is 0 Å². The zero-order valence-corrected chi connectivity index (χ0v) is 15.5. The van der Waals surface area contributed by atoms with Gasteiger partial charge in [0.1, 0.15) is 5.82 Å². The van der Waals surface area contributed by atoms with E-state index >= 15 is 0 Å². The predicted octanol–water partition coefficient (Wildman–Crippen LogP) is 1.67. The molecule has 0 saturated carbocycles. The first-order chi connectivity index (χ1) is 12.0. The number of anilines is 1. The number of thioether (sulfide) groups is 1. The fourth-order valence-electron chi connectivity index (χ4n) is 3.29. The topological polar surface area (TPSA) is 112 Å². The molecule has 0 unspecified atom stereocenters. The summed E-state index contributed by atoms with van der Waals surface area (Å²) in [5, 5.41) is 16.0. The average molecular weight is 366 g/mol. The molecule has 1 aromatic rings. The van der Waals surface area contributed by atoms with Gasteiger partial charge in [0.15, 0.2) is 0 Å². The number of aromatic nitrogens is 3. The Kier molecular flexibility index (Phi) is 5.82. The molecule has 3 atom stereocenters. The zero-order chi connectivity index (χ0) is 17.8. The van der Waals surface area contributed by atoms with E-state index in [-0.39, 0.29) is 24.0 Å². The Morgan fingerprint density at radius 1 is 1.36 bits per heavy atom. The van der Waals surface area contributed by atoms with Crippen LogP contribution in [-0.4, -0.2) is 50.2 Å². The number of urea groups is 1. The van der Waals surface area contributed by atoms with Gasteiger partial charge in [-0.2, -0.15) is 16.7 Å². The minimum Gasteiger partial charge on any atom is -0.332 e. The van der Waals surface area contributed by atoms with E-state index in [0.29, 0.717) is 23.5 Å². The Labute approximate surface area is 151 Å². The van der Waals surface area contributed by atoms with Gasteiger partial charge in [0.2, 0.25) is 11.9 Å². The maximum absolute atomic E-state index is 12.0. The summed E-state index contributed by atoms with van der Waals surface area (Å²) >= 11 is 1.90. The van der Waals surface area contributed by atoms with E-state index in [1.54, 1.807) is 0 Å². The van der Waals surface area contributed by atoms with Crippen LogP contribution in [0, 0.1) is 5.92 Å². The Hall–Kier alpha value is -1.77. The van der Waals surface area contributed by atoms with Gasteiger partial charge in [0.25, 0.3) is 0 Å². The third-order valence-corrected chi connectivity index (χ3v) is 5.97. The van der Waals surface area contributed by atoms with Gasteiger partial charge >= 0.3 is 6.03 Å². The summed E-state index contributed by atoms with van der Waals surface area (Å²) in [4.78, 5) is 27.6. The molecule has 3 amide bonds. The van der Waals surface area contributed by atoms with Crippen LogP contribution in [0.15, 0.2) is 0 Å². The Balaban J connectivity index is 1.33. The number of nitrogens with one attached hydrogen (secondary N) is 4. The number of rotatable bonds is 8. The molecule has 138 valence electrons. The average Bonchev–Trinajstić information content (AvgIpc) is 3.20. The van der Waals surface area contributed by atoms with E-state index in [0.717, 1.165) is 37.3 Å². The lowest BCUT2D eigenvalue weighted by Gasteiger charge is -2.16. The van der Waals surface area contributed by atoms with E-state index in [4.69, 9.17) is 0 Å². The summed E-state index contributed by atoms with van der Waals surface area (Å²) in [5.41, 5.74) is 0. The van der Waals surface area contributed by atoms with Gasteiger partial charge in [0, 0.05) is 23.8 Å². The molecular formula is C16H26N6O2S. The Morgan fingerprint density at radius 3 is 3.00 bits per heavy atom. The minimum absolute atomic E-state index is 0.0528. The highest BCUT2D eigenvalue weighted by Crippen LogP contribution is 2.33. The first-order valence-corrected chi connectivity index (χ1v) is 9.96. The first-order valence-electron chi connectivity index (χ1n) is 8.91. The van der Waals surface area contributed by atoms with Crippen molar-refractivity contribution in [2.24, 2.45) is 5.92 Å². The number of amides is 3. The molecule has 1 aromatic heterocycles. The fourth-order valence-corrected chi connectivity index (χ4v) is 4.83. The van der Waals surface area contributed by atoms with Gasteiger partial charge in [-0.15, -0.1) is 5.10 Å². The molecule has 2 aliphatic rings. The number of carbonyl (C=O) groups is 2. The molecule has 9 heteroatoms. The number of nitrogens with zero attached hydrogens (tertiary/aromatic N) is 2. The lowest BCUT2D eigenvalue weighted by atomic mass is 10.0. The maximum Gasteiger partial charge on any atom is 0.315 e. The second-order valence-electron chi connectivity index (χ2n) is 7.12. The monoisotopic (exact) mass is 366 g/mol. The fraction of sp³-hybridized carbons (Fsp3) is 0.750. The van der Waals surface area contributed by atoms with Crippen molar-refractivity contribution in [1.29, 1.82) is 0 Å². The summed E-state index contributed by atoms with van der Waals surface area (Å²) < 4.78 is 0. The molecule has 3 rings (SSSR count). The second-order valence-corrected chi connectivity index (χ2v) is 8.39. The molecule has 25 heavy (non-hydrogen) atoms. The van der Waals surface area contributed by atoms with E-state index in [1.165, 1.54) is 0 Å². The van der Waals surface area contributed by atoms with Crippen molar-refractivity contribution in [2.45, 2.75) is 63.3 Å². The van der Waals surface area contributed by atoms with Gasteiger partial charge in [0.05, 0.1) is 12.1 Å². The lowest BCUT2D eigenvalue weighted by molar-refractivity contribution is -0.116. The highest BCUT2D eigenvalue weighted by atomic mass is 32.2. The van der Waals surface area contributed by atoms with E-state index in [1.807, 2.05) is 11.8 Å². The van der Waals surface area contributed by atoms with Crippen molar-refractivity contribution < 1.29 is 9.59 Å². The van der Waals surface area contributed by atoms with Gasteiger partial charge in [-0.3, -0.25) is 15.2 Å². The summed E-state index contributed by atoms with van der Waals surface area (Å²) in [6.07, 6.45) is 4.08. The number of unbranched alkanes of at least 4 members (excludes halogenated alkanes) is 1. The van der Waals surface area contributed by atoms with Crippen molar-refractivity contribution in [3.8, 4) is 0 Å². The van der Waals surface area contributed by atoms with Gasteiger partial charge in [-0.1, -0.05) is 20.3 Å². The van der Waals surface area contributed by atoms with Crippen molar-refractivity contribution >= 4 is 29.6 Å². The van der Waals surface area contributed by atoms with E-state index in [9.17, 15) is 9.59 Å². The van der Waals surface area contributed by atoms with Crippen LogP contribution in [-0.2, 0) is 11.2 Å². The first kappa shape index (κ1) is 18.0. The van der Waals surface area contributed by atoms with Gasteiger partial charge in [-0.25, -0.2) is 4.79 Å². The van der Waals surface area contributed by atoms with Gasteiger partial charge < -0.3 is 10.6 Å². The number of hydrogen-bond donors (Lipinski definition) is 4. The quantitative estimate of drug-likeness (QED) is 0.413. The molecule has 0 radical (unpaired) electrons. The molecule has 0 aliphatic carbocycles. The molecule has 2 fully saturated rings. The summed E-state index contributed by atoms with van der Waals surface area (Å²) in [5.74, 6) is 2.56. The summed E-state index contributed by atoms with van der Waals surface area (Å²) in [7, 11) is 0. The normalized spacial score (nSPS) is 24.9. The molecule has 8 nitrogen and oxygen atoms in total. The molecule has 4 N–H and O–H groups in total. The smallest absolute Gasteiger partial charge is 0.315 e. The minimum atomic E-state index is -0.0529. The molecule has 0 bridgehead atoms. The standard InChI is InChI=1S/C16H26N6O2S/c1-9(2)7-12-18-15(22-21-12)19-13(23)6-4-3-5-11-14-10(8-25-11)17-16(24)20-14/h9-11,14H,3-8H2,1-2H3,(H2,17,20,24)(H2,18,19,21,22,23)/t10-,11-,14-/m0/s1. The maximum atomic E-state index is 12.0. The molecule has 0 aromatic carbocycles. The number of fused-ring (bicyclic) bond motifs is 1. The zero-order valence-electron chi connectivity index (χ0n) is 14.7. The molecule has 3 heterocycles. The molecule has 0 spiro atoms. The number of hydrogen-bond acceptors (Lipinski definition) is 5. The SMILES string of the molecule is CC(C)Cc1nc(NC(=O)CCCC[C@@H]2SC[C@@H]3NC(=O)N[C@@H]32)n[nH]1. The lowest BCUT2D eigenvalue weighted by Crippen LogP contribution is -2.36. The number of H-pyrrole nitrogens is 1. The third kappa shape index (κ3) is 4.87. The summed E-state index contributed by atoms with van der Waals surface area (Å²) in [6.45, 7) is 4.22. The van der Waals surface area contributed by atoms with Gasteiger partial charge in [-0.05, 0) is 18.8 Å². The van der Waals surface area contributed by atoms with Crippen molar-refractivity contribution in [3.05, 3.63) is 5.82 Å². The van der Waals surface area contributed by atoms with Crippen LogP contribution >= 0.6 is 11.8 Å². The van der Waals surface area contributed by atoms with Crippen LogP contribution in [0.3, 0.4) is 0 Å². The Bertz CT molecular complexity index is 620.